The summed E-state index contributed by atoms with van der Waals surface area (Å²) in [6.07, 6.45) is 1.63. The van der Waals surface area contributed by atoms with E-state index in [9.17, 15) is 0 Å². The summed E-state index contributed by atoms with van der Waals surface area (Å²) in [6, 6.07) is 3.86. The van der Waals surface area contributed by atoms with E-state index < -0.39 is 0 Å². The van der Waals surface area contributed by atoms with Gasteiger partial charge in [-0.2, -0.15) is 0 Å². The minimum absolute atomic E-state index is 0.257. The van der Waals surface area contributed by atoms with Gasteiger partial charge in [0.25, 0.3) is 0 Å². The smallest absolute Gasteiger partial charge is 0.224 e. The molecule has 0 aromatic carbocycles. The van der Waals surface area contributed by atoms with Crippen molar-refractivity contribution in [2.75, 3.05) is 5.32 Å². The number of nitrogens with zero attached hydrogens (tertiary/aromatic N) is 2. The first-order valence-electron chi connectivity index (χ1n) is 4.19. The Kier molecular flexibility index (Phi) is 3.56. The van der Waals surface area contributed by atoms with Gasteiger partial charge in [-0.05, 0) is 39.7 Å². The van der Waals surface area contributed by atoms with Crippen LogP contribution in [-0.4, -0.2) is 9.97 Å². The summed E-state index contributed by atoms with van der Waals surface area (Å²) in [5.41, 5.74) is 0. The summed E-state index contributed by atoms with van der Waals surface area (Å²) in [7, 11) is 0. The summed E-state index contributed by atoms with van der Waals surface area (Å²) in [5.74, 6) is 0.736. The Morgan fingerprint density at radius 3 is 3.07 bits per heavy atom. The van der Waals surface area contributed by atoms with E-state index in [1.165, 1.54) is 4.88 Å². The Hall–Kier alpha value is -0.650. The molecule has 2 aromatic rings. The number of nitrogens with one attached hydrogen (secondary N) is 1. The molecule has 78 valence electrons. The molecule has 0 radical (unpaired) electrons. The quantitative estimate of drug-likeness (QED) is 0.881. The highest BCUT2D eigenvalue weighted by atomic mass is 79.9. The summed E-state index contributed by atoms with van der Waals surface area (Å²) in [6.45, 7) is 0.740. The van der Waals surface area contributed by atoms with Gasteiger partial charge in [-0.15, -0.1) is 11.3 Å². The zero-order valence-corrected chi connectivity index (χ0v) is 10.7. The van der Waals surface area contributed by atoms with Crippen molar-refractivity contribution in [3.05, 3.63) is 38.3 Å². The van der Waals surface area contributed by atoms with Crippen LogP contribution in [0.5, 0.6) is 0 Å². The van der Waals surface area contributed by atoms with E-state index in [2.05, 4.69) is 37.3 Å². The third kappa shape index (κ3) is 3.15. The maximum absolute atomic E-state index is 5.66. The molecule has 0 spiro atoms. The van der Waals surface area contributed by atoms with Crippen LogP contribution in [0.3, 0.4) is 0 Å². The van der Waals surface area contributed by atoms with E-state index in [1.54, 1.807) is 23.6 Å². The monoisotopic (exact) mass is 303 g/mol. The van der Waals surface area contributed by atoms with Crippen LogP contribution >= 0.6 is 38.9 Å². The zero-order valence-electron chi connectivity index (χ0n) is 7.58. The summed E-state index contributed by atoms with van der Waals surface area (Å²) in [5, 5.41) is 5.47. The second kappa shape index (κ2) is 4.92. The van der Waals surface area contributed by atoms with E-state index in [4.69, 9.17) is 11.6 Å². The molecule has 0 atom stereocenters. The van der Waals surface area contributed by atoms with E-state index in [1.807, 2.05) is 5.38 Å². The molecule has 3 nitrogen and oxygen atoms in total. The van der Waals surface area contributed by atoms with Gasteiger partial charge in [0, 0.05) is 20.9 Å². The first kappa shape index (κ1) is 10.9. The van der Waals surface area contributed by atoms with Crippen molar-refractivity contribution in [1.29, 1.82) is 0 Å². The average Bonchev–Trinajstić information content (AvgIpc) is 2.62. The number of thiophene rings is 1. The lowest BCUT2D eigenvalue weighted by Gasteiger charge is -2.02. The van der Waals surface area contributed by atoms with Crippen molar-refractivity contribution in [3.63, 3.8) is 0 Å². The van der Waals surface area contributed by atoms with Crippen LogP contribution in [0.4, 0.5) is 5.82 Å². The molecule has 0 aliphatic heterocycles. The standard InChI is InChI=1S/C9H7BrClN3S/c10-6-3-7(15-5-6)4-13-8-1-2-12-9(11)14-8/h1-3,5H,4H2,(H,12,13,14). The number of hydrogen-bond donors (Lipinski definition) is 1. The first-order valence-corrected chi connectivity index (χ1v) is 6.24. The summed E-state index contributed by atoms with van der Waals surface area (Å²) >= 11 is 10.8. The highest BCUT2D eigenvalue weighted by Crippen LogP contribution is 2.20. The maximum atomic E-state index is 5.66. The van der Waals surface area contributed by atoms with Crippen LogP contribution in [0.15, 0.2) is 28.2 Å². The number of rotatable bonds is 3. The Balaban J connectivity index is 1.99. The molecule has 0 saturated heterocycles. The second-order valence-corrected chi connectivity index (χ2v) is 5.05. The van der Waals surface area contributed by atoms with Gasteiger partial charge >= 0.3 is 0 Å². The highest BCUT2D eigenvalue weighted by molar-refractivity contribution is 9.10. The Bertz CT molecular complexity index is 460. The van der Waals surface area contributed by atoms with Crippen LogP contribution in [0.25, 0.3) is 0 Å². The molecule has 0 fully saturated rings. The molecule has 0 unspecified atom stereocenters. The molecule has 0 bridgehead atoms. The fourth-order valence-electron chi connectivity index (χ4n) is 1.06. The number of halogens is 2. The topological polar surface area (TPSA) is 37.8 Å². The van der Waals surface area contributed by atoms with Crippen molar-refractivity contribution in [3.8, 4) is 0 Å². The third-order valence-electron chi connectivity index (χ3n) is 1.69. The molecule has 2 heterocycles. The van der Waals surface area contributed by atoms with Crippen LogP contribution in [0.2, 0.25) is 5.28 Å². The van der Waals surface area contributed by atoms with Gasteiger partial charge in [0.1, 0.15) is 5.82 Å². The molecule has 0 amide bonds. The zero-order chi connectivity index (χ0) is 10.7. The number of hydrogen-bond acceptors (Lipinski definition) is 4. The van der Waals surface area contributed by atoms with Crippen molar-refractivity contribution in [2.45, 2.75) is 6.54 Å². The minimum Gasteiger partial charge on any atom is -0.365 e. The SMILES string of the molecule is Clc1nccc(NCc2cc(Br)cs2)n1. The van der Waals surface area contributed by atoms with Crippen LogP contribution in [0, 0.1) is 0 Å². The lowest BCUT2D eigenvalue weighted by atomic mass is 10.4. The largest absolute Gasteiger partial charge is 0.365 e. The summed E-state index contributed by atoms with van der Waals surface area (Å²) in [4.78, 5) is 9.07. The molecular formula is C9H7BrClN3S. The van der Waals surface area contributed by atoms with Gasteiger partial charge in [-0.1, -0.05) is 0 Å². The van der Waals surface area contributed by atoms with Crippen molar-refractivity contribution >= 4 is 44.7 Å². The van der Waals surface area contributed by atoms with E-state index in [-0.39, 0.29) is 5.28 Å². The normalized spacial score (nSPS) is 10.3. The van der Waals surface area contributed by atoms with E-state index in [0.717, 1.165) is 16.8 Å². The molecule has 0 saturated carbocycles. The van der Waals surface area contributed by atoms with Gasteiger partial charge in [0.2, 0.25) is 5.28 Å². The average molecular weight is 305 g/mol. The number of anilines is 1. The molecule has 0 aliphatic carbocycles. The highest BCUT2D eigenvalue weighted by Gasteiger charge is 1.99. The predicted molar refractivity (Wildman–Crippen MR) is 66.4 cm³/mol. The maximum Gasteiger partial charge on any atom is 0.224 e. The Morgan fingerprint density at radius 1 is 1.53 bits per heavy atom. The number of aromatic nitrogens is 2. The molecule has 1 N–H and O–H groups in total. The molecule has 2 aromatic heterocycles. The molecule has 2 rings (SSSR count). The second-order valence-electron chi connectivity index (χ2n) is 2.80. The van der Waals surface area contributed by atoms with Gasteiger partial charge in [-0.3, -0.25) is 0 Å². The van der Waals surface area contributed by atoms with E-state index >= 15 is 0 Å². The third-order valence-corrected chi connectivity index (χ3v) is 3.57. The van der Waals surface area contributed by atoms with Gasteiger partial charge in [0.05, 0.1) is 6.54 Å². The van der Waals surface area contributed by atoms with Crippen molar-refractivity contribution in [1.82, 2.24) is 9.97 Å². The minimum atomic E-state index is 0.257. The fourth-order valence-corrected chi connectivity index (χ4v) is 2.60. The van der Waals surface area contributed by atoms with Gasteiger partial charge in [0.15, 0.2) is 0 Å². The lowest BCUT2D eigenvalue weighted by molar-refractivity contribution is 1.10. The molecule has 15 heavy (non-hydrogen) atoms. The lowest BCUT2D eigenvalue weighted by Crippen LogP contribution is -1.99. The Morgan fingerprint density at radius 2 is 2.40 bits per heavy atom. The van der Waals surface area contributed by atoms with Crippen molar-refractivity contribution in [2.24, 2.45) is 0 Å². The van der Waals surface area contributed by atoms with Gasteiger partial charge < -0.3 is 5.32 Å². The van der Waals surface area contributed by atoms with E-state index in [0.29, 0.717) is 0 Å². The molecular weight excluding hydrogens is 298 g/mol. The van der Waals surface area contributed by atoms with Crippen molar-refractivity contribution < 1.29 is 0 Å². The molecule has 0 aliphatic rings. The predicted octanol–water partition coefficient (Wildman–Crippen LogP) is 3.57. The van der Waals surface area contributed by atoms with Crippen LogP contribution in [0.1, 0.15) is 4.88 Å². The van der Waals surface area contributed by atoms with Gasteiger partial charge in [-0.25, -0.2) is 9.97 Å². The van der Waals surface area contributed by atoms with Crippen LogP contribution in [-0.2, 0) is 6.54 Å². The van der Waals surface area contributed by atoms with Crippen LogP contribution < -0.4 is 5.32 Å². The summed E-state index contributed by atoms with van der Waals surface area (Å²) < 4.78 is 1.10. The first-order chi connectivity index (χ1) is 7.24. The molecule has 6 heteroatoms. The fraction of sp³-hybridized carbons (Fsp3) is 0.111. The Labute approximate surface area is 105 Å².